The van der Waals surface area contributed by atoms with Crippen LogP contribution in [0, 0.1) is 0 Å². The molecule has 0 aromatic heterocycles. The van der Waals surface area contributed by atoms with Gasteiger partial charge in [-0.05, 0) is 19.3 Å². The molecule has 0 radical (unpaired) electrons. The lowest BCUT2D eigenvalue weighted by atomic mass is 9.95. The molecular formula is C7H16O. The monoisotopic (exact) mass is 117 g/mol. The molecule has 0 aromatic rings. The van der Waals surface area contributed by atoms with E-state index in [0.29, 0.717) is 0 Å². The number of aliphatic hydroxyl groups is 1. The van der Waals surface area contributed by atoms with Crippen molar-refractivity contribution in [2.24, 2.45) is 0 Å². The van der Waals surface area contributed by atoms with Gasteiger partial charge in [0.05, 0.1) is 5.60 Å². The van der Waals surface area contributed by atoms with E-state index in [-0.39, 0.29) is 5.60 Å². The highest BCUT2D eigenvalue weighted by atomic mass is 16.3. The summed E-state index contributed by atoms with van der Waals surface area (Å²) in [6, 6.07) is 0. The van der Waals surface area contributed by atoms with Crippen molar-refractivity contribution in [1.29, 1.82) is 1.43 Å². The van der Waals surface area contributed by atoms with E-state index in [0.717, 1.165) is 19.3 Å². The van der Waals surface area contributed by atoms with Crippen molar-refractivity contribution < 1.29 is 5.11 Å². The summed E-state index contributed by atoms with van der Waals surface area (Å²) in [5.74, 6) is 0. The van der Waals surface area contributed by atoms with Gasteiger partial charge in [-0.15, -0.1) is 0 Å². The van der Waals surface area contributed by atoms with Crippen LogP contribution in [0.5, 0.6) is 0 Å². The van der Waals surface area contributed by atoms with E-state index < -0.39 is 0 Å². The van der Waals surface area contributed by atoms with Crippen LogP contribution in [0.4, 0.5) is 0 Å². The smallest absolute Gasteiger partial charge is 0.211 e. The minimum Gasteiger partial charge on any atom is -0.390 e. The van der Waals surface area contributed by atoms with Gasteiger partial charge < -0.3 is 5.11 Å². The summed E-state index contributed by atoms with van der Waals surface area (Å²) in [6.07, 6.45) is 2.80. The zero-order valence-corrected chi connectivity index (χ0v) is 6.03. The highest BCUT2D eigenvalue weighted by Gasteiger charge is 2.17. The van der Waals surface area contributed by atoms with E-state index in [2.05, 4.69) is 25.9 Å². The number of hydrogen-bond donors (Lipinski definition) is 1. The molecule has 0 heterocycles. The predicted octanol–water partition coefficient (Wildman–Crippen LogP) is 1.95. The molecule has 8 heavy (non-hydrogen) atoms. The third-order valence-corrected chi connectivity index (χ3v) is 1.93. The standard InChI is InChI=1S/C7H16O/c1-4-7(8,5-2)6-3/h8H,4-6H2,1-3H3/i8D. The van der Waals surface area contributed by atoms with Gasteiger partial charge in [0.1, 0.15) is 0 Å². The Morgan fingerprint density at radius 2 is 1.62 bits per heavy atom. The van der Waals surface area contributed by atoms with Crippen LogP contribution in [-0.2, 0) is 0 Å². The Bertz CT molecular complexity index is 51.8. The fourth-order valence-electron chi connectivity index (χ4n) is 0.750. The molecule has 0 saturated carbocycles. The van der Waals surface area contributed by atoms with E-state index in [1.165, 1.54) is 0 Å². The zero-order chi connectivity index (χ0) is 7.33. The topological polar surface area (TPSA) is 20.2 Å². The van der Waals surface area contributed by atoms with Crippen LogP contribution in [0.1, 0.15) is 40.0 Å². The van der Waals surface area contributed by atoms with Crippen molar-refractivity contribution >= 4 is 0 Å². The molecule has 1 heteroatoms. The Balaban J connectivity index is 3.82. The van der Waals surface area contributed by atoms with Crippen LogP contribution in [0.25, 0.3) is 0 Å². The quantitative estimate of drug-likeness (QED) is 0.596. The molecule has 50 valence electrons. The summed E-state index contributed by atoms with van der Waals surface area (Å²) in [6.45, 7) is 6.17. The van der Waals surface area contributed by atoms with Gasteiger partial charge >= 0.3 is 0 Å². The minimum atomic E-state index is -0.167. The molecule has 0 aliphatic carbocycles. The molecule has 0 unspecified atom stereocenters. The van der Waals surface area contributed by atoms with Gasteiger partial charge in [-0.2, -0.15) is 0 Å². The van der Waals surface area contributed by atoms with Gasteiger partial charge in [0.2, 0.25) is 1.43 Å². The van der Waals surface area contributed by atoms with Gasteiger partial charge in [-0.25, -0.2) is 0 Å². The van der Waals surface area contributed by atoms with Crippen LogP contribution >= 0.6 is 0 Å². The molecule has 0 spiro atoms. The van der Waals surface area contributed by atoms with E-state index in [4.69, 9.17) is 1.43 Å². The van der Waals surface area contributed by atoms with Crippen LogP contribution in [0.3, 0.4) is 0 Å². The Morgan fingerprint density at radius 1 is 1.25 bits per heavy atom. The second-order valence-corrected chi connectivity index (χ2v) is 2.24. The van der Waals surface area contributed by atoms with Gasteiger partial charge in [-0.1, -0.05) is 20.8 Å². The fraction of sp³-hybridized carbons (Fsp3) is 1.00. The average molecular weight is 117 g/mol. The second kappa shape index (κ2) is 3.08. The minimum absolute atomic E-state index is 0.167. The summed E-state index contributed by atoms with van der Waals surface area (Å²) in [4.78, 5) is 0. The Hall–Kier alpha value is -0.0400. The lowest BCUT2D eigenvalue weighted by Gasteiger charge is -2.22. The first kappa shape index (κ1) is 6.09. The SMILES string of the molecule is [2H]OC(CC)(CC)CC. The Morgan fingerprint density at radius 3 is 1.62 bits per heavy atom. The maximum absolute atomic E-state index is 6.81. The van der Waals surface area contributed by atoms with Crippen LogP contribution in [-0.4, -0.2) is 12.1 Å². The highest BCUT2D eigenvalue weighted by molar-refractivity contribution is 4.71. The summed E-state index contributed by atoms with van der Waals surface area (Å²) in [5.41, 5.74) is -0.167. The normalized spacial score (nSPS) is 13.6. The molecule has 0 aliphatic heterocycles. The lowest BCUT2D eigenvalue weighted by Crippen LogP contribution is -2.24. The van der Waals surface area contributed by atoms with Crippen molar-refractivity contribution in [2.45, 2.75) is 45.6 Å². The van der Waals surface area contributed by atoms with E-state index in [9.17, 15) is 0 Å². The lowest BCUT2D eigenvalue weighted by molar-refractivity contribution is 0.0285. The average Bonchev–Trinajstić information content (AvgIpc) is 1.95. The summed E-state index contributed by atoms with van der Waals surface area (Å²) in [5, 5.41) is 4.64. The summed E-state index contributed by atoms with van der Waals surface area (Å²) < 4.78 is 6.81. The first-order valence-corrected chi connectivity index (χ1v) is 3.39. The van der Waals surface area contributed by atoms with Gasteiger partial charge in [0.25, 0.3) is 0 Å². The maximum Gasteiger partial charge on any atom is 0.211 e. The van der Waals surface area contributed by atoms with E-state index in [1.807, 2.05) is 0 Å². The first-order valence-electron chi connectivity index (χ1n) is 3.79. The Labute approximate surface area is 53.2 Å². The molecule has 0 atom stereocenters. The Kier molecular flexibility index (Phi) is 2.34. The molecule has 0 aromatic carbocycles. The maximum atomic E-state index is 6.81. The van der Waals surface area contributed by atoms with Crippen LogP contribution < -0.4 is 0 Å². The predicted molar refractivity (Wildman–Crippen MR) is 35.8 cm³/mol. The molecular weight excluding hydrogens is 100 g/mol. The molecule has 0 aliphatic rings. The first-order chi connectivity index (χ1) is 4.24. The van der Waals surface area contributed by atoms with Crippen molar-refractivity contribution in [3.8, 4) is 0 Å². The van der Waals surface area contributed by atoms with Gasteiger partial charge in [-0.3, -0.25) is 0 Å². The molecule has 0 rings (SSSR count). The molecule has 0 bridgehead atoms. The van der Waals surface area contributed by atoms with Crippen molar-refractivity contribution in [3.05, 3.63) is 0 Å². The van der Waals surface area contributed by atoms with Crippen molar-refractivity contribution in [1.82, 2.24) is 0 Å². The molecule has 0 amide bonds. The van der Waals surface area contributed by atoms with Crippen molar-refractivity contribution in [2.75, 3.05) is 0 Å². The second-order valence-electron chi connectivity index (χ2n) is 2.24. The molecule has 0 fully saturated rings. The third-order valence-electron chi connectivity index (χ3n) is 1.93. The molecule has 1 N–H and O–H groups in total. The third kappa shape index (κ3) is 1.83. The number of hydrogen-bond acceptors (Lipinski definition) is 1. The van der Waals surface area contributed by atoms with E-state index >= 15 is 0 Å². The highest BCUT2D eigenvalue weighted by Crippen LogP contribution is 2.17. The summed E-state index contributed by atoms with van der Waals surface area (Å²) >= 11 is 0. The van der Waals surface area contributed by atoms with Gasteiger partial charge in [0, 0.05) is 0 Å². The summed E-state index contributed by atoms with van der Waals surface area (Å²) in [7, 11) is 0. The van der Waals surface area contributed by atoms with Gasteiger partial charge in [0.15, 0.2) is 0 Å². The molecule has 1 nitrogen and oxygen atoms in total. The van der Waals surface area contributed by atoms with E-state index in [1.54, 1.807) is 0 Å². The molecule has 0 saturated heterocycles. The largest absolute Gasteiger partial charge is 0.390 e. The van der Waals surface area contributed by atoms with Crippen LogP contribution in [0.15, 0.2) is 0 Å². The zero-order valence-electron chi connectivity index (χ0n) is 7.03. The fourth-order valence-corrected chi connectivity index (χ4v) is 0.750. The van der Waals surface area contributed by atoms with Crippen LogP contribution in [0.2, 0.25) is 0 Å². The number of rotatable bonds is 4. The van der Waals surface area contributed by atoms with Crippen molar-refractivity contribution in [3.63, 3.8) is 0 Å².